The minimum absolute atomic E-state index is 0.0723. The average Bonchev–Trinajstić information content (AvgIpc) is 3.33. The number of hydrogen-bond donors (Lipinski definition) is 3. The summed E-state index contributed by atoms with van der Waals surface area (Å²) in [4.78, 5) is 35.4. The molecule has 0 spiro atoms. The highest BCUT2D eigenvalue weighted by atomic mass is 16.3. The lowest BCUT2D eigenvalue weighted by molar-refractivity contribution is -0.118. The van der Waals surface area contributed by atoms with Crippen LogP contribution in [-0.4, -0.2) is 37.2 Å². The van der Waals surface area contributed by atoms with Gasteiger partial charge in [-0.1, -0.05) is 72.8 Å². The van der Waals surface area contributed by atoms with Crippen LogP contribution in [-0.2, 0) is 4.79 Å². The number of fused-ring (bicyclic) bond motifs is 2. The fourth-order valence-corrected chi connectivity index (χ4v) is 4.52. The number of carbonyl (C=O) groups excluding carboxylic acids is 1. The number of aliphatic hydroxyl groups excluding tert-OH is 1. The number of nitrogens with zero attached hydrogens (tertiary/aromatic N) is 3. The maximum absolute atomic E-state index is 14.0. The van der Waals surface area contributed by atoms with Crippen molar-refractivity contribution in [2.24, 2.45) is 0 Å². The lowest BCUT2D eigenvalue weighted by Gasteiger charge is -2.11. The maximum Gasteiger partial charge on any atom is 0.282 e. The summed E-state index contributed by atoms with van der Waals surface area (Å²) in [5.41, 5.74) is 4.69. The molecule has 8 nitrogen and oxygen atoms in total. The van der Waals surface area contributed by atoms with Crippen molar-refractivity contribution in [3.8, 4) is 33.5 Å². The third kappa shape index (κ3) is 3.95. The van der Waals surface area contributed by atoms with Gasteiger partial charge in [0.2, 0.25) is 0 Å². The Balaban J connectivity index is 1.69. The van der Waals surface area contributed by atoms with E-state index in [1.54, 1.807) is 12.3 Å². The Morgan fingerprint density at radius 2 is 1.59 bits per heavy atom. The van der Waals surface area contributed by atoms with Crippen molar-refractivity contribution in [2.45, 2.75) is 0 Å². The van der Waals surface area contributed by atoms with Crippen LogP contribution >= 0.6 is 0 Å². The normalized spacial score (nSPS) is 11.2. The summed E-state index contributed by atoms with van der Waals surface area (Å²) in [5.74, 6) is -0.594. The zero-order valence-electron chi connectivity index (χ0n) is 19.6. The molecule has 0 fully saturated rings. The molecular formula is C29H21N5O3. The molecule has 0 bridgehead atoms. The van der Waals surface area contributed by atoms with E-state index in [0.29, 0.717) is 11.2 Å². The van der Waals surface area contributed by atoms with Gasteiger partial charge in [0.1, 0.15) is 12.4 Å². The van der Waals surface area contributed by atoms with Crippen LogP contribution in [0.25, 0.3) is 50.1 Å². The third-order valence-corrected chi connectivity index (χ3v) is 6.20. The highest BCUT2D eigenvalue weighted by molar-refractivity contribution is 5.98. The predicted molar refractivity (Wildman–Crippen MR) is 143 cm³/mol. The highest BCUT2D eigenvalue weighted by Crippen LogP contribution is 2.36. The summed E-state index contributed by atoms with van der Waals surface area (Å²) in [6.45, 7) is -0.740. The minimum Gasteiger partial charge on any atom is -0.387 e. The summed E-state index contributed by atoms with van der Waals surface area (Å²) < 4.78 is 1.40. The smallest absolute Gasteiger partial charge is 0.282 e. The molecule has 0 saturated carbocycles. The first kappa shape index (κ1) is 22.4. The van der Waals surface area contributed by atoms with E-state index in [0.717, 1.165) is 33.3 Å². The molecule has 3 aromatic heterocycles. The van der Waals surface area contributed by atoms with Crippen molar-refractivity contribution in [3.05, 3.63) is 108 Å². The number of aromatic amines is 1. The molecule has 6 aromatic rings. The lowest BCUT2D eigenvalue weighted by Crippen LogP contribution is -2.24. The van der Waals surface area contributed by atoms with E-state index >= 15 is 0 Å². The molecule has 3 aromatic carbocycles. The number of pyridine rings is 1. The number of aliphatic hydroxyl groups is 1. The van der Waals surface area contributed by atoms with Gasteiger partial charge < -0.3 is 10.4 Å². The van der Waals surface area contributed by atoms with E-state index in [-0.39, 0.29) is 16.9 Å². The van der Waals surface area contributed by atoms with E-state index < -0.39 is 12.5 Å². The number of hydrogen-bond acceptors (Lipinski definition) is 5. The van der Waals surface area contributed by atoms with E-state index in [1.807, 2.05) is 84.9 Å². The molecule has 0 saturated heterocycles. The zero-order chi connectivity index (χ0) is 25.4. The number of carbonyl (C=O) groups is 1. The first-order valence-corrected chi connectivity index (χ1v) is 11.7. The van der Waals surface area contributed by atoms with Gasteiger partial charge in [0.15, 0.2) is 5.65 Å². The number of aromatic nitrogens is 4. The second kappa shape index (κ2) is 9.18. The van der Waals surface area contributed by atoms with Gasteiger partial charge in [-0.2, -0.15) is 4.52 Å². The fourth-order valence-electron chi connectivity index (χ4n) is 4.52. The fraction of sp³-hybridized carbons (Fsp3) is 0.0345. The van der Waals surface area contributed by atoms with Crippen LogP contribution in [0.15, 0.2) is 102 Å². The van der Waals surface area contributed by atoms with Gasteiger partial charge >= 0.3 is 0 Å². The Bertz CT molecular complexity index is 1830. The number of amides is 1. The number of nitrogens with one attached hydrogen (secondary N) is 2. The Morgan fingerprint density at radius 1 is 0.865 bits per heavy atom. The molecule has 3 heterocycles. The molecule has 37 heavy (non-hydrogen) atoms. The SMILES string of the molecule is O=C(CO)Nc1nc2c(-c3ccccc3)c(-c3ccccc3)[nH]n2c(=O)c1-c1ccc2ncccc2c1. The summed E-state index contributed by atoms with van der Waals surface area (Å²) in [6, 6.07) is 28.4. The first-order valence-electron chi connectivity index (χ1n) is 11.7. The Labute approximate surface area is 210 Å². The van der Waals surface area contributed by atoms with Crippen molar-refractivity contribution in [1.82, 2.24) is 19.6 Å². The van der Waals surface area contributed by atoms with Gasteiger partial charge in [0.25, 0.3) is 11.5 Å². The monoisotopic (exact) mass is 487 g/mol. The maximum atomic E-state index is 14.0. The Morgan fingerprint density at radius 3 is 2.32 bits per heavy atom. The molecular weight excluding hydrogens is 466 g/mol. The van der Waals surface area contributed by atoms with Crippen LogP contribution in [0.5, 0.6) is 0 Å². The molecule has 180 valence electrons. The highest BCUT2D eigenvalue weighted by Gasteiger charge is 2.23. The first-order chi connectivity index (χ1) is 18.1. The largest absolute Gasteiger partial charge is 0.387 e. The molecule has 0 atom stereocenters. The van der Waals surface area contributed by atoms with Crippen molar-refractivity contribution >= 4 is 28.3 Å². The summed E-state index contributed by atoms with van der Waals surface area (Å²) in [5, 5.41) is 16.1. The summed E-state index contributed by atoms with van der Waals surface area (Å²) in [7, 11) is 0. The average molecular weight is 488 g/mol. The van der Waals surface area contributed by atoms with Gasteiger partial charge in [-0.25, -0.2) is 4.98 Å². The molecule has 1 amide bonds. The molecule has 0 aliphatic rings. The van der Waals surface area contributed by atoms with Crippen LogP contribution in [0.4, 0.5) is 5.82 Å². The van der Waals surface area contributed by atoms with Crippen molar-refractivity contribution in [3.63, 3.8) is 0 Å². The molecule has 0 radical (unpaired) electrons. The van der Waals surface area contributed by atoms with Gasteiger partial charge in [-0.3, -0.25) is 19.7 Å². The van der Waals surface area contributed by atoms with Crippen molar-refractivity contribution in [2.75, 3.05) is 11.9 Å². The Hall–Kier alpha value is -5.08. The van der Waals surface area contributed by atoms with Crippen LogP contribution in [0.1, 0.15) is 0 Å². The topological polar surface area (TPSA) is 112 Å². The van der Waals surface area contributed by atoms with Gasteiger partial charge in [0.05, 0.1) is 22.3 Å². The molecule has 0 aliphatic heterocycles. The van der Waals surface area contributed by atoms with Gasteiger partial charge in [0, 0.05) is 17.1 Å². The van der Waals surface area contributed by atoms with Crippen LogP contribution in [0, 0.1) is 0 Å². The number of benzene rings is 3. The standard InChI is InChI=1S/C29H21N5O3/c35-17-23(36)31-27-25(21-13-14-22-20(16-21)12-7-15-30-22)29(37)34-28(32-27)24(18-8-3-1-4-9-18)26(33-34)19-10-5-2-6-11-19/h1-16,33,35H,17H2,(H,31,36). The summed E-state index contributed by atoms with van der Waals surface area (Å²) in [6.07, 6.45) is 1.70. The number of rotatable bonds is 5. The molecule has 6 rings (SSSR count). The van der Waals surface area contributed by atoms with Crippen LogP contribution < -0.4 is 10.9 Å². The van der Waals surface area contributed by atoms with E-state index in [1.165, 1.54) is 4.52 Å². The Kier molecular flexibility index (Phi) is 5.55. The predicted octanol–water partition coefficient (Wildman–Crippen LogP) is 4.50. The number of H-pyrrole nitrogens is 1. The molecule has 3 N–H and O–H groups in total. The molecule has 0 aliphatic carbocycles. The van der Waals surface area contributed by atoms with Gasteiger partial charge in [-0.15, -0.1) is 0 Å². The van der Waals surface area contributed by atoms with Crippen LogP contribution in [0.3, 0.4) is 0 Å². The second-order valence-electron chi connectivity index (χ2n) is 8.51. The van der Waals surface area contributed by atoms with E-state index in [4.69, 9.17) is 4.98 Å². The molecule has 0 unspecified atom stereocenters. The quantitative estimate of drug-likeness (QED) is 0.331. The van der Waals surface area contributed by atoms with Crippen LogP contribution in [0.2, 0.25) is 0 Å². The third-order valence-electron chi connectivity index (χ3n) is 6.20. The lowest BCUT2D eigenvalue weighted by atomic mass is 10.0. The van der Waals surface area contributed by atoms with E-state index in [9.17, 15) is 14.7 Å². The molecule has 8 heteroatoms. The second-order valence-corrected chi connectivity index (χ2v) is 8.51. The zero-order valence-corrected chi connectivity index (χ0v) is 19.6. The summed E-state index contributed by atoms with van der Waals surface area (Å²) >= 11 is 0. The number of anilines is 1. The van der Waals surface area contributed by atoms with Crippen molar-refractivity contribution in [1.29, 1.82) is 0 Å². The minimum atomic E-state index is -0.740. The van der Waals surface area contributed by atoms with Crippen molar-refractivity contribution < 1.29 is 9.90 Å². The van der Waals surface area contributed by atoms with Gasteiger partial charge in [-0.05, 0) is 29.3 Å². The van der Waals surface area contributed by atoms with E-state index in [2.05, 4.69) is 15.4 Å².